The van der Waals surface area contributed by atoms with Crippen molar-refractivity contribution in [2.24, 2.45) is 5.92 Å². The van der Waals surface area contributed by atoms with E-state index in [1.165, 1.54) is 5.56 Å². The fraction of sp³-hybridized carbons (Fsp3) is 0.462. The molecule has 1 aliphatic rings. The zero-order valence-corrected chi connectivity index (χ0v) is 9.99. The predicted molar refractivity (Wildman–Crippen MR) is 66.6 cm³/mol. The van der Waals surface area contributed by atoms with Crippen LogP contribution in [0.5, 0.6) is 0 Å². The van der Waals surface area contributed by atoms with Gasteiger partial charge in [0.25, 0.3) is 0 Å². The molecule has 0 aliphatic carbocycles. The minimum atomic E-state index is 0.435. The van der Waals surface area contributed by atoms with Gasteiger partial charge in [-0.05, 0) is 36.5 Å². The maximum atomic E-state index is 8.71. The van der Waals surface area contributed by atoms with Crippen molar-refractivity contribution < 1.29 is 4.74 Å². The van der Waals surface area contributed by atoms with Gasteiger partial charge in [0.05, 0.1) is 18.2 Å². The third-order valence-corrected chi connectivity index (χ3v) is 3.69. The fourth-order valence-corrected chi connectivity index (χ4v) is 2.30. The number of hydrogen-bond donors (Lipinski definition) is 1. The van der Waals surface area contributed by atoms with Crippen molar-refractivity contribution in [2.45, 2.75) is 18.1 Å². The van der Waals surface area contributed by atoms with Crippen molar-refractivity contribution in [3.05, 3.63) is 35.4 Å². The minimum Gasteiger partial charge on any atom is -0.381 e. The van der Waals surface area contributed by atoms with Crippen molar-refractivity contribution in [3.63, 3.8) is 0 Å². The van der Waals surface area contributed by atoms with E-state index in [4.69, 9.17) is 10.00 Å². The summed E-state index contributed by atoms with van der Waals surface area (Å²) in [6, 6.07) is 9.90. The minimum absolute atomic E-state index is 0.435. The molecule has 3 heteroatoms. The topological polar surface area (TPSA) is 33.0 Å². The summed E-state index contributed by atoms with van der Waals surface area (Å²) in [5.41, 5.74) is 1.97. The Hall–Kier alpha value is -0.980. The first kappa shape index (κ1) is 11.5. The number of ether oxygens (including phenoxy) is 1. The first-order chi connectivity index (χ1) is 7.79. The summed E-state index contributed by atoms with van der Waals surface area (Å²) < 4.78 is 5.47. The monoisotopic (exact) mass is 233 g/mol. The van der Waals surface area contributed by atoms with Crippen molar-refractivity contribution >= 4 is 12.6 Å². The molecule has 0 unspecified atom stereocenters. The molecular weight excluding hydrogens is 218 g/mol. The van der Waals surface area contributed by atoms with E-state index in [1.807, 2.05) is 24.3 Å². The van der Waals surface area contributed by atoms with Gasteiger partial charge < -0.3 is 4.74 Å². The van der Waals surface area contributed by atoms with Crippen LogP contribution in [0, 0.1) is 17.2 Å². The number of hydrogen-bond acceptors (Lipinski definition) is 3. The lowest BCUT2D eigenvalue weighted by molar-refractivity contribution is 0.0596. The van der Waals surface area contributed by atoms with E-state index in [0.717, 1.165) is 26.1 Å². The lowest BCUT2D eigenvalue weighted by atomic mass is 9.93. The Balaban J connectivity index is 2.00. The summed E-state index contributed by atoms with van der Waals surface area (Å²) in [6.45, 7) is 1.63. The smallest absolute Gasteiger partial charge is 0.0991 e. The molecule has 1 fully saturated rings. The van der Waals surface area contributed by atoms with Crippen molar-refractivity contribution in [3.8, 4) is 6.07 Å². The van der Waals surface area contributed by atoms with E-state index >= 15 is 0 Å². The fourth-order valence-electron chi connectivity index (χ4n) is 2.00. The van der Waals surface area contributed by atoms with Crippen LogP contribution in [0.2, 0.25) is 0 Å². The molecule has 1 aliphatic heterocycles. The van der Waals surface area contributed by atoms with Gasteiger partial charge in [0.1, 0.15) is 0 Å². The molecule has 0 bridgehead atoms. The molecule has 2 rings (SSSR count). The Labute approximate surface area is 102 Å². The molecule has 0 amide bonds. The number of nitriles is 1. The van der Waals surface area contributed by atoms with Crippen LogP contribution >= 0.6 is 12.6 Å². The average Bonchev–Trinajstić information content (AvgIpc) is 2.33. The van der Waals surface area contributed by atoms with E-state index in [2.05, 4.69) is 18.7 Å². The third kappa shape index (κ3) is 2.78. The second kappa shape index (κ2) is 5.38. The molecule has 1 saturated heterocycles. The molecule has 16 heavy (non-hydrogen) atoms. The molecule has 0 saturated carbocycles. The number of nitrogens with zero attached hydrogens (tertiary/aromatic N) is 1. The first-order valence-electron chi connectivity index (χ1n) is 5.54. The summed E-state index contributed by atoms with van der Waals surface area (Å²) in [5.74, 6) is 0.491. The van der Waals surface area contributed by atoms with E-state index in [9.17, 15) is 0 Å². The highest BCUT2D eigenvalue weighted by atomic mass is 32.1. The Bertz CT molecular complexity index is 382. The van der Waals surface area contributed by atoms with Gasteiger partial charge in [0, 0.05) is 11.9 Å². The van der Waals surface area contributed by atoms with Gasteiger partial charge in [0.2, 0.25) is 0 Å². The highest BCUT2D eigenvalue weighted by molar-refractivity contribution is 7.81. The largest absolute Gasteiger partial charge is 0.381 e. The van der Waals surface area contributed by atoms with E-state index in [-0.39, 0.29) is 0 Å². The molecule has 0 radical (unpaired) electrons. The van der Waals surface area contributed by atoms with E-state index < -0.39 is 0 Å². The van der Waals surface area contributed by atoms with Crippen molar-refractivity contribution in [2.75, 3.05) is 13.2 Å². The molecule has 0 spiro atoms. The summed E-state index contributed by atoms with van der Waals surface area (Å²) >= 11 is 4.59. The van der Waals surface area contributed by atoms with Crippen molar-refractivity contribution in [1.82, 2.24) is 0 Å². The lowest BCUT2D eigenvalue weighted by Crippen LogP contribution is -2.29. The van der Waals surface area contributed by atoms with Crippen LogP contribution in [-0.4, -0.2) is 18.5 Å². The zero-order valence-electron chi connectivity index (χ0n) is 9.10. The maximum Gasteiger partial charge on any atom is 0.0991 e. The normalized spacial score (nSPS) is 25.0. The number of rotatable bonds is 2. The van der Waals surface area contributed by atoms with Crippen LogP contribution in [0.15, 0.2) is 24.3 Å². The van der Waals surface area contributed by atoms with Crippen LogP contribution in [0.3, 0.4) is 0 Å². The second-order valence-corrected chi connectivity index (χ2v) is 4.87. The zero-order chi connectivity index (χ0) is 11.4. The lowest BCUT2D eigenvalue weighted by Gasteiger charge is -2.28. The van der Waals surface area contributed by atoms with Gasteiger partial charge in [-0.3, -0.25) is 0 Å². The van der Waals surface area contributed by atoms with Crippen LogP contribution in [0.4, 0.5) is 0 Å². The van der Waals surface area contributed by atoms with Gasteiger partial charge >= 0.3 is 0 Å². The SMILES string of the molecule is N#Cc1ccc(C[C@H]2COCC[C@@H]2S)cc1. The molecule has 1 aromatic carbocycles. The number of thiol groups is 1. The molecule has 0 N–H and O–H groups in total. The summed E-state index contributed by atoms with van der Waals surface area (Å²) in [7, 11) is 0. The first-order valence-corrected chi connectivity index (χ1v) is 6.06. The Morgan fingerprint density at radius 2 is 2.12 bits per heavy atom. The van der Waals surface area contributed by atoms with Crippen LogP contribution in [0.1, 0.15) is 17.5 Å². The maximum absolute atomic E-state index is 8.71. The quantitative estimate of drug-likeness (QED) is 0.796. The van der Waals surface area contributed by atoms with Gasteiger partial charge in [-0.1, -0.05) is 12.1 Å². The van der Waals surface area contributed by atoms with Crippen LogP contribution in [-0.2, 0) is 11.2 Å². The van der Waals surface area contributed by atoms with Gasteiger partial charge in [-0.2, -0.15) is 17.9 Å². The van der Waals surface area contributed by atoms with Gasteiger partial charge in [-0.15, -0.1) is 0 Å². The second-order valence-electron chi connectivity index (χ2n) is 4.20. The highest BCUT2D eigenvalue weighted by Gasteiger charge is 2.22. The van der Waals surface area contributed by atoms with Gasteiger partial charge in [0.15, 0.2) is 0 Å². The Morgan fingerprint density at radius 3 is 2.75 bits per heavy atom. The van der Waals surface area contributed by atoms with E-state index in [0.29, 0.717) is 16.7 Å². The molecule has 2 atom stereocenters. The summed E-state index contributed by atoms with van der Waals surface area (Å²) in [4.78, 5) is 0. The van der Waals surface area contributed by atoms with Crippen LogP contribution < -0.4 is 0 Å². The molecule has 2 nitrogen and oxygen atoms in total. The Kier molecular flexibility index (Phi) is 3.87. The van der Waals surface area contributed by atoms with E-state index in [1.54, 1.807) is 0 Å². The van der Waals surface area contributed by atoms with Crippen molar-refractivity contribution in [1.29, 1.82) is 5.26 Å². The average molecular weight is 233 g/mol. The standard InChI is InChI=1S/C13H15NOS/c14-8-11-3-1-10(2-4-11)7-12-9-15-6-5-13(12)16/h1-4,12-13,16H,5-7,9H2/t12-,13-/m0/s1. The molecule has 1 aromatic rings. The molecular formula is C13H15NOS. The summed E-state index contributed by atoms with van der Waals surface area (Å²) in [5, 5.41) is 9.14. The Morgan fingerprint density at radius 1 is 1.38 bits per heavy atom. The molecule has 84 valence electrons. The number of benzene rings is 1. The molecule has 0 aromatic heterocycles. The summed E-state index contributed by atoms with van der Waals surface area (Å²) in [6.07, 6.45) is 2.02. The van der Waals surface area contributed by atoms with Crippen LogP contribution in [0.25, 0.3) is 0 Å². The third-order valence-electron chi connectivity index (χ3n) is 3.01. The van der Waals surface area contributed by atoms with Gasteiger partial charge in [-0.25, -0.2) is 0 Å². The predicted octanol–water partition coefficient (Wildman–Crippen LogP) is 2.44. The molecule has 1 heterocycles. The highest BCUT2D eigenvalue weighted by Crippen LogP contribution is 2.23.